The quantitative estimate of drug-likeness (QED) is 0.713. The molecule has 6 nitrogen and oxygen atoms in total. The minimum absolute atomic E-state index is 0.0399. The smallest absolute Gasteiger partial charge is 0.315 e. The predicted molar refractivity (Wildman–Crippen MR) is 110 cm³/mol. The number of nitrogens with zero attached hydrogens (tertiary/aromatic N) is 3. The lowest BCUT2D eigenvalue weighted by atomic mass is 9.86. The molecule has 0 aliphatic heterocycles. The Kier molecular flexibility index (Phi) is 5.93. The van der Waals surface area contributed by atoms with Crippen LogP contribution in [0.3, 0.4) is 0 Å². The van der Waals surface area contributed by atoms with Crippen molar-refractivity contribution >= 4 is 6.03 Å². The van der Waals surface area contributed by atoms with Gasteiger partial charge in [-0.15, -0.1) is 10.2 Å². The zero-order valence-electron chi connectivity index (χ0n) is 16.7. The average molecular weight is 382 g/mol. The molecule has 0 saturated heterocycles. The van der Waals surface area contributed by atoms with Crippen LogP contribution in [0.5, 0.6) is 0 Å². The van der Waals surface area contributed by atoms with Crippen molar-refractivity contribution in [3.63, 3.8) is 0 Å². The number of para-hydroxylation sites is 1. The third-order valence-electron chi connectivity index (χ3n) is 6.00. The fourth-order valence-electron chi connectivity index (χ4n) is 4.16. The van der Waals surface area contributed by atoms with Crippen LogP contribution in [0.2, 0.25) is 0 Å². The maximum Gasteiger partial charge on any atom is 0.315 e. The lowest BCUT2D eigenvalue weighted by Crippen LogP contribution is -2.46. The number of nitrogens with one attached hydrogen (secondary N) is 2. The second-order valence-corrected chi connectivity index (χ2v) is 8.29. The molecule has 6 heteroatoms. The van der Waals surface area contributed by atoms with Gasteiger partial charge >= 0.3 is 6.03 Å². The zero-order chi connectivity index (χ0) is 19.3. The number of hydrogen-bond donors (Lipinski definition) is 2. The number of amides is 2. The first-order valence-electron chi connectivity index (χ1n) is 10.8. The highest BCUT2D eigenvalue weighted by atomic mass is 16.2. The Hall–Kier alpha value is -2.37. The minimum atomic E-state index is -0.0399. The number of aromatic nitrogens is 3. The van der Waals surface area contributed by atoms with Crippen molar-refractivity contribution in [3.8, 4) is 5.69 Å². The highest BCUT2D eigenvalue weighted by Gasteiger charge is 2.30. The molecule has 0 bridgehead atoms. The molecule has 1 heterocycles. The molecule has 2 unspecified atom stereocenters. The maximum absolute atomic E-state index is 12.2. The van der Waals surface area contributed by atoms with E-state index in [0.29, 0.717) is 24.4 Å². The summed E-state index contributed by atoms with van der Waals surface area (Å²) in [7, 11) is 0. The Morgan fingerprint density at radius 1 is 1.11 bits per heavy atom. The third kappa shape index (κ3) is 4.54. The van der Waals surface area contributed by atoms with Crippen LogP contribution >= 0.6 is 0 Å². The van der Waals surface area contributed by atoms with Gasteiger partial charge in [0.15, 0.2) is 0 Å². The van der Waals surface area contributed by atoms with Gasteiger partial charge in [0.05, 0.1) is 0 Å². The molecule has 2 aliphatic carbocycles. The molecule has 1 aromatic heterocycles. The maximum atomic E-state index is 12.2. The first-order chi connectivity index (χ1) is 13.7. The molecule has 4 rings (SSSR count). The van der Waals surface area contributed by atoms with E-state index in [1.54, 1.807) is 0 Å². The molecular weight excluding hydrogens is 350 g/mol. The van der Waals surface area contributed by atoms with Gasteiger partial charge in [0.25, 0.3) is 0 Å². The second kappa shape index (κ2) is 8.76. The topological polar surface area (TPSA) is 71.8 Å². The minimum Gasteiger partial charge on any atom is -0.338 e. The number of aryl methyl sites for hydroxylation is 1. The summed E-state index contributed by atoms with van der Waals surface area (Å²) in [6, 6.07) is 10.6. The molecule has 28 heavy (non-hydrogen) atoms. The number of rotatable bonds is 7. The van der Waals surface area contributed by atoms with Crippen LogP contribution in [0.4, 0.5) is 4.79 Å². The van der Waals surface area contributed by atoms with E-state index in [0.717, 1.165) is 36.6 Å². The zero-order valence-corrected chi connectivity index (χ0v) is 16.7. The molecule has 0 radical (unpaired) electrons. The molecule has 2 fully saturated rings. The van der Waals surface area contributed by atoms with Crippen LogP contribution in [0, 0.1) is 5.92 Å². The largest absolute Gasteiger partial charge is 0.338 e. The van der Waals surface area contributed by atoms with E-state index in [1.165, 1.54) is 32.1 Å². The van der Waals surface area contributed by atoms with Crippen molar-refractivity contribution in [1.29, 1.82) is 0 Å². The van der Waals surface area contributed by atoms with Gasteiger partial charge < -0.3 is 10.6 Å². The number of benzene rings is 1. The SMILES string of the molecule is CC1CCCCC1NC(=O)NCCCc1nnc(C2CC2)n1-c1ccccc1. The average Bonchev–Trinajstić information content (AvgIpc) is 3.47. The van der Waals surface area contributed by atoms with E-state index >= 15 is 0 Å². The Morgan fingerprint density at radius 3 is 2.64 bits per heavy atom. The number of hydrogen-bond acceptors (Lipinski definition) is 3. The molecule has 2 saturated carbocycles. The van der Waals surface area contributed by atoms with E-state index in [1.807, 2.05) is 18.2 Å². The van der Waals surface area contributed by atoms with Gasteiger partial charge in [-0.1, -0.05) is 38.0 Å². The van der Waals surface area contributed by atoms with E-state index in [-0.39, 0.29) is 6.03 Å². The van der Waals surface area contributed by atoms with Gasteiger partial charge in [0.2, 0.25) is 0 Å². The van der Waals surface area contributed by atoms with E-state index in [4.69, 9.17) is 0 Å². The highest BCUT2D eigenvalue weighted by Crippen LogP contribution is 2.40. The van der Waals surface area contributed by atoms with Crippen LogP contribution in [0.15, 0.2) is 30.3 Å². The van der Waals surface area contributed by atoms with Gasteiger partial charge in [-0.2, -0.15) is 0 Å². The van der Waals surface area contributed by atoms with Crippen molar-refractivity contribution in [3.05, 3.63) is 42.0 Å². The molecule has 2 atom stereocenters. The summed E-state index contributed by atoms with van der Waals surface area (Å²) in [6.45, 7) is 2.88. The van der Waals surface area contributed by atoms with Crippen molar-refractivity contribution < 1.29 is 4.79 Å². The molecule has 0 spiro atoms. The summed E-state index contributed by atoms with van der Waals surface area (Å²) in [5.41, 5.74) is 1.13. The Bertz CT molecular complexity index is 783. The summed E-state index contributed by atoms with van der Waals surface area (Å²) in [5.74, 6) is 3.18. The molecule has 2 aromatic rings. The Balaban J connectivity index is 1.30. The van der Waals surface area contributed by atoms with Gasteiger partial charge in [0.1, 0.15) is 11.6 Å². The van der Waals surface area contributed by atoms with E-state index in [2.05, 4.69) is 44.5 Å². The number of carbonyl (C=O) groups excluding carboxylic acids is 1. The molecule has 150 valence electrons. The molecule has 1 aromatic carbocycles. The summed E-state index contributed by atoms with van der Waals surface area (Å²) < 4.78 is 2.21. The third-order valence-corrected chi connectivity index (χ3v) is 6.00. The van der Waals surface area contributed by atoms with Crippen LogP contribution in [-0.2, 0) is 6.42 Å². The fourth-order valence-corrected chi connectivity index (χ4v) is 4.16. The second-order valence-electron chi connectivity index (χ2n) is 8.29. The van der Waals surface area contributed by atoms with Gasteiger partial charge in [0, 0.05) is 30.6 Å². The standard InChI is InChI=1S/C22H31N5O/c1-16-8-5-6-11-19(16)24-22(28)23-15-7-12-20-25-26-21(17-13-14-17)27(20)18-9-3-2-4-10-18/h2-4,9-10,16-17,19H,5-8,11-15H2,1H3,(H2,23,24,28). The predicted octanol–water partition coefficient (Wildman–Crippen LogP) is 3.96. The van der Waals surface area contributed by atoms with Crippen LogP contribution in [0.1, 0.15) is 69.4 Å². The lowest BCUT2D eigenvalue weighted by Gasteiger charge is -2.29. The van der Waals surface area contributed by atoms with Crippen molar-refractivity contribution in [2.45, 2.75) is 70.3 Å². The van der Waals surface area contributed by atoms with E-state index < -0.39 is 0 Å². The summed E-state index contributed by atoms with van der Waals surface area (Å²) in [5, 5.41) is 15.1. The molecule has 2 aliphatic rings. The molecule has 2 amide bonds. The lowest BCUT2D eigenvalue weighted by molar-refractivity contribution is 0.221. The fraction of sp³-hybridized carbons (Fsp3) is 0.591. The van der Waals surface area contributed by atoms with Crippen molar-refractivity contribution in [2.24, 2.45) is 5.92 Å². The van der Waals surface area contributed by atoms with Crippen molar-refractivity contribution in [2.75, 3.05) is 6.54 Å². The van der Waals surface area contributed by atoms with Crippen LogP contribution in [-0.4, -0.2) is 33.4 Å². The normalized spacial score (nSPS) is 22.0. The monoisotopic (exact) mass is 381 g/mol. The van der Waals surface area contributed by atoms with Gasteiger partial charge in [-0.3, -0.25) is 4.57 Å². The van der Waals surface area contributed by atoms with Crippen LogP contribution < -0.4 is 10.6 Å². The summed E-state index contributed by atoms with van der Waals surface area (Å²) in [6.07, 6.45) is 8.86. The number of carbonyl (C=O) groups is 1. The van der Waals surface area contributed by atoms with Gasteiger partial charge in [-0.05, 0) is 50.2 Å². The highest BCUT2D eigenvalue weighted by molar-refractivity contribution is 5.74. The summed E-state index contributed by atoms with van der Waals surface area (Å²) in [4.78, 5) is 12.2. The first-order valence-corrected chi connectivity index (χ1v) is 10.8. The first kappa shape index (κ1) is 19.0. The Labute approximate surface area is 167 Å². The summed E-state index contributed by atoms with van der Waals surface area (Å²) >= 11 is 0. The van der Waals surface area contributed by atoms with Gasteiger partial charge in [-0.25, -0.2) is 4.79 Å². The van der Waals surface area contributed by atoms with Crippen LogP contribution in [0.25, 0.3) is 5.69 Å². The van der Waals surface area contributed by atoms with Crippen molar-refractivity contribution in [1.82, 2.24) is 25.4 Å². The Morgan fingerprint density at radius 2 is 1.89 bits per heavy atom. The molecule has 2 N–H and O–H groups in total. The van der Waals surface area contributed by atoms with E-state index in [9.17, 15) is 4.79 Å². The number of urea groups is 1. The molecular formula is C22H31N5O.